The number of methoxy groups -OCH3 is 1. The third-order valence-electron chi connectivity index (χ3n) is 4.99. The summed E-state index contributed by atoms with van der Waals surface area (Å²) in [5.41, 5.74) is 5.99. The molecule has 0 aliphatic rings. The number of esters is 1. The van der Waals surface area contributed by atoms with Crippen LogP contribution in [0.1, 0.15) is 31.1 Å². The lowest BCUT2D eigenvalue weighted by atomic mass is 10.1. The number of benzene rings is 3. The van der Waals surface area contributed by atoms with Gasteiger partial charge in [0.2, 0.25) is 11.8 Å². The molecular weight excluding hydrogens is 472 g/mol. The lowest BCUT2D eigenvalue weighted by molar-refractivity contribution is 0.0600. The van der Waals surface area contributed by atoms with Gasteiger partial charge in [0.05, 0.1) is 12.7 Å². The minimum absolute atomic E-state index is 0.0141. The fraction of sp³-hybridized carbons (Fsp3) is 0.0417. The van der Waals surface area contributed by atoms with Crippen LogP contribution in [0.4, 0.5) is 0 Å². The van der Waals surface area contributed by atoms with Crippen LogP contribution in [-0.4, -0.2) is 50.4 Å². The van der Waals surface area contributed by atoms with E-state index in [2.05, 4.69) is 25.8 Å². The van der Waals surface area contributed by atoms with Gasteiger partial charge in [0, 0.05) is 22.3 Å². The molecule has 2 amide bonds. The molecule has 182 valence electrons. The second-order valence-electron chi connectivity index (χ2n) is 7.33. The first kappa shape index (κ1) is 23.8. The molecule has 0 aliphatic carbocycles. The molecule has 0 saturated carbocycles. The summed E-state index contributed by atoms with van der Waals surface area (Å²) in [5, 5.41) is 36.5. The van der Waals surface area contributed by atoms with E-state index in [0.717, 1.165) is 12.1 Å². The van der Waals surface area contributed by atoms with E-state index >= 15 is 0 Å². The van der Waals surface area contributed by atoms with Crippen molar-refractivity contribution in [3.63, 3.8) is 0 Å². The molecule has 0 atom stereocenters. The standard InChI is InChI=1S/C24H18N4O8/c1-35-24(34)15-8-4-13(5-9-15)21(33)26-25-20(32)12-2-6-14(7-3-12)22-27-28-23(36-22)16-10-17(29)19(31)18(30)11-16/h2-11,29-31H,1H3,(H,25,32)(H,26,33). The maximum absolute atomic E-state index is 12.4. The first-order valence-corrected chi connectivity index (χ1v) is 10.2. The van der Waals surface area contributed by atoms with Crippen LogP contribution < -0.4 is 10.9 Å². The van der Waals surface area contributed by atoms with E-state index in [1.807, 2.05) is 0 Å². The second kappa shape index (κ2) is 9.85. The Labute approximate surface area is 202 Å². The summed E-state index contributed by atoms with van der Waals surface area (Å²) in [6.07, 6.45) is 0. The molecule has 12 heteroatoms. The largest absolute Gasteiger partial charge is 0.504 e. The van der Waals surface area contributed by atoms with Gasteiger partial charge in [-0.2, -0.15) is 0 Å². The first-order chi connectivity index (χ1) is 17.3. The third-order valence-corrected chi connectivity index (χ3v) is 4.99. The Morgan fingerprint density at radius 3 is 1.67 bits per heavy atom. The highest BCUT2D eigenvalue weighted by atomic mass is 16.5. The number of phenols is 3. The van der Waals surface area contributed by atoms with Crippen molar-refractivity contribution in [3.05, 3.63) is 77.4 Å². The van der Waals surface area contributed by atoms with Crippen molar-refractivity contribution in [1.29, 1.82) is 0 Å². The number of hydrazine groups is 1. The third kappa shape index (κ3) is 4.92. The molecule has 1 heterocycles. The maximum atomic E-state index is 12.4. The van der Waals surface area contributed by atoms with E-state index in [9.17, 15) is 29.7 Å². The van der Waals surface area contributed by atoms with Gasteiger partial charge in [0.25, 0.3) is 11.8 Å². The van der Waals surface area contributed by atoms with E-state index in [4.69, 9.17) is 4.42 Å². The van der Waals surface area contributed by atoms with Gasteiger partial charge < -0.3 is 24.5 Å². The maximum Gasteiger partial charge on any atom is 0.337 e. The van der Waals surface area contributed by atoms with Gasteiger partial charge in [-0.3, -0.25) is 20.4 Å². The minimum atomic E-state index is -0.667. The number of amides is 2. The average molecular weight is 490 g/mol. The second-order valence-corrected chi connectivity index (χ2v) is 7.33. The molecule has 0 saturated heterocycles. The number of carbonyl (C=O) groups excluding carboxylic acids is 3. The van der Waals surface area contributed by atoms with Crippen molar-refractivity contribution < 1.29 is 38.9 Å². The molecule has 3 aromatic carbocycles. The zero-order chi connectivity index (χ0) is 25.8. The number of nitrogens with zero attached hydrogens (tertiary/aromatic N) is 2. The molecule has 4 rings (SSSR count). The van der Waals surface area contributed by atoms with Crippen LogP contribution in [-0.2, 0) is 4.74 Å². The highest BCUT2D eigenvalue weighted by Gasteiger charge is 2.16. The molecule has 36 heavy (non-hydrogen) atoms. The van der Waals surface area contributed by atoms with E-state index in [-0.39, 0.29) is 34.0 Å². The number of aromatic hydroxyl groups is 3. The topological polar surface area (TPSA) is 184 Å². The quantitative estimate of drug-likeness (QED) is 0.158. The number of phenolic OH excluding ortho intramolecular Hbond substituents is 3. The summed E-state index contributed by atoms with van der Waals surface area (Å²) < 4.78 is 10.2. The van der Waals surface area contributed by atoms with Gasteiger partial charge in [0.1, 0.15) is 0 Å². The number of nitrogens with one attached hydrogen (secondary N) is 2. The van der Waals surface area contributed by atoms with Crippen molar-refractivity contribution in [2.24, 2.45) is 0 Å². The highest BCUT2D eigenvalue weighted by Crippen LogP contribution is 2.38. The molecule has 0 radical (unpaired) electrons. The summed E-state index contributed by atoms with van der Waals surface area (Å²) in [6, 6.07) is 14.0. The molecular formula is C24H18N4O8. The van der Waals surface area contributed by atoms with Crippen molar-refractivity contribution in [3.8, 4) is 40.2 Å². The monoisotopic (exact) mass is 490 g/mol. The van der Waals surface area contributed by atoms with Gasteiger partial charge in [-0.1, -0.05) is 0 Å². The summed E-state index contributed by atoms with van der Waals surface area (Å²) in [5.74, 6) is -3.37. The molecule has 1 aromatic heterocycles. The highest BCUT2D eigenvalue weighted by molar-refractivity contribution is 5.99. The predicted octanol–water partition coefficient (Wildman–Crippen LogP) is 2.38. The van der Waals surface area contributed by atoms with Gasteiger partial charge in [-0.15, -0.1) is 10.2 Å². The Hall–Kier alpha value is -5.39. The summed E-state index contributed by atoms with van der Waals surface area (Å²) in [6.45, 7) is 0. The van der Waals surface area contributed by atoms with E-state index < -0.39 is 35.0 Å². The minimum Gasteiger partial charge on any atom is -0.504 e. The number of aromatic nitrogens is 2. The normalized spacial score (nSPS) is 10.5. The molecule has 0 spiro atoms. The Morgan fingerprint density at radius 2 is 1.17 bits per heavy atom. The first-order valence-electron chi connectivity index (χ1n) is 10.2. The van der Waals surface area contributed by atoms with Crippen LogP contribution in [0.2, 0.25) is 0 Å². The summed E-state index contributed by atoms with van der Waals surface area (Å²) in [7, 11) is 1.25. The summed E-state index contributed by atoms with van der Waals surface area (Å²) >= 11 is 0. The number of carbonyl (C=O) groups is 3. The predicted molar refractivity (Wildman–Crippen MR) is 123 cm³/mol. The van der Waals surface area contributed by atoms with Gasteiger partial charge in [-0.05, 0) is 60.7 Å². The van der Waals surface area contributed by atoms with E-state index in [1.165, 1.54) is 43.5 Å². The summed E-state index contributed by atoms with van der Waals surface area (Å²) in [4.78, 5) is 36.1. The van der Waals surface area contributed by atoms with Gasteiger partial charge >= 0.3 is 5.97 Å². The van der Waals surface area contributed by atoms with Gasteiger partial charge in [0.15, 0.2) is 17.2 Å². The fourth-order valence-corrected chi connectivity index (χ4v) is 3.08. The van der Waals surface area contributed by atoms with E-state index in [1.54, 1.807) is 12.1 Å². The van der Waals surface area contributed by atoms with Crippen LogP contribution in [0.15, 0.2) is 65.1 Å². The molecule has 0 bridgehead atoms. The molecule has 5 N–H and O–H groups in total. The average Bonchev–Trinajstić information content (AvgIpc) is 3.40. The lowest BCUT2D eigenvalue weighted by Crippen LogP contribution is -2.41. The Balaban J connectivity index is 1.39. The number of hydrogen-bond donors (Lipinski definition) is 5. The zero-order valence-corrected chi connectivity index (χ0v) is 18.6. The van der Waals surface area contributed by atoms with Crippen LogP contribution >= 0.6 is 0 Å². The zero-order valence-electron chi connectivity index (χ0n) is 18.6. The Kier molecular flexibility index (Phi) is 6.50. The lowest BCUT2D eigenvalue weighted by Gasteiger charge is -2.08. The van der Waals surface area contributed by atoms with Crippen molar-refractivity contribution in [2.75, 3.05) is 7.11 Å². The number of rotatable bonds is 5. The molecule has 0 unspecified atom stereocenters. The van der Waals surface area contributed by atoms with Gasteiger partial charge in [-0.25, -0.2) is 4.79 Å². The SMILES string of the molecule is COC(=O)c1ccc(C(=O)NNC(=O)c2ccc(-c3nnc(-c4cc(O)c(O)c(O)c4)o3)cc2)cc1. The fourth-order valence-electron chi connectivity index (χ4n) is 3.08. The van der Waals surface area contributed by atoms with Crippen molar-refractivity contribution >= 4 is 17.8 Å². The van der Waals surface area contributed by atoms with Crippen molar-refractivity contribution in [2.45, 2.75) is 0 Å². The number of hydrogen-bond acceptors (Lipinski definition) is 10. The molecule has 12 nitrogen and oxygen atoms in total. The molecule has 0 aliphatic heterocycles. The molecule has 0 fully saturated rings. The Morgan fingerprint density at radius 1 is 0.722 bits per heavy atom. The van der Waals surface area contributed by atoms with Crippen LogP contribution in [0.5, 0.6) is 17.2 Å². The molecule has 4 aromatic rings. The Bertz CT molecular complexity index is 1420. The van der Waals surface area contributed by atoms with Crippen molar-refractivity contribution in [1.82, 2.24) is 21.0 Å². The number of ether oxygens (including phenoxy) is 1. The van der Waals surface area contributed by atoms with Crippen LogP contribution in [0.3, 0.4) is 0 Å². The van der Waals surface area contributed by atoms with Crippen LogP contribution in [0.25, 0.3) is 22.9 Å². The smallest absolute Gasteiger partial charge is 0.337 e. The van der Waals surface area contributed by atoms with E-state index in [0.29, 0.717) is 5.56 Å². The van der Waals surface area contributed by atoms with Crippen LogP contribution in [0, 0.1) is 0 Å².